The van der Waals surface area contributed by atoms with Gasteiger partial charge in [-0.15, -0.1) is 0 Å². The van der Waals surface area contributed by atoms with E-state index < -0.39 is 11.7 Å². The molecule has 1 fully saturated rings. The average Bonchev–Trinajstić information content (AvgIpc) is 2.96. The summed E-state index contributed by atoms with van der Waals surface area (Å²) in [6.07, 6.45) is 1.82. The minimum absolute atomic E-state index is 0.296. The number of benzene rings is 1. The van der Waals surface area contributed by atoms with E-state index >= 15 is 0 Å². The van der Waals surface area contributed by atoms with Gasteiger partial charge in [0.2, 0.25) is 0 Å². The van der Waals surface area contributed by atoms with E-state index in [1.807, 2.05) is 6.08 Å². The van der Waals surface area contributed by atoms with Crippen molar-refractivity contribution in [2.45, 2.75) is 19.0 Å². The third kappa shape index (κ3) is 4.83. The Balaban J connectivity index is 1.85. The molecule has 6 heteroatoms. The van der Waals surface area contributed by atoms with Gasteiger partial charge in [0.25, 0.3) is 5.91 Å². The molecule has 0 saturated carbocycles. The van der Waals surface area contributed by atoms with Gasteiger partial charge in [-0.25, -0.2) is 4.79 Å². The Kier molecular flexibility index (Phi) is 5.40. The first kappa shape index (κ1) is 17.0. The Morgan fingerprint density at radius 2 is 2.00 bits per heavy atom. The number of halogens is 3. The fourth-order valence-electron chi connectivity index (χ4n) is 2.55. The van der Waals surface area contributed by atoms with E-state index in [1.165, 1.54) is 18.1 Å². The number of rotatable bonds is 4. The summed E-state index contributed by atoms with van der Waals surface area (Å²) >= 11 is 0. The molecule has 2 rings (SSSR count). The van der Waals surface area contributed by atoms with Crippen LogP contribution in [-0.4, -0.2) is 29.8 Å². The third-order valence-corrected chi connectivity index (χ3v) is 3.80. The average molecular weight is 323 g/mol. The fraction of sp³-hybridized carbons (Fsp3) is 0.353. The molecule has 1 aliphatic heterocycles. The standard InChI is InChI=1S/C17H16F3NO2/c18-17(19,20)15-6-4-13(5-7-15)2-1-3-14-8-10-21(12-14)16(23)9-11-22/h1-2,4-7,9,14H,3,8,10,12H2/b2-1+. The van der Waals surface area contributed by atoms with Crippen molar-refractivity contribution in [3.05, 3.63) is 47.5 Å². The number of carbonyl (C=O) groups is 1. The first-order valence-corrected chi connectivity index (χ1v) is 7.23. The summed E-state index contributed by atoms with van der Waals surface area (Å²) in [7, 11) is 0. The second-order valence-corrected chi connectivity index (χ2v) is 5.46. The molecule has 23 heavy (non-hydrogen) atoms. The van der Waals surface area contributed by atoms with Crippen molar-refractivity contribution >= 4 is 17.9 Å². The van der Waals surface area contributed by atoms with Gasteiger partial charge in [0, 0.05) is 13.1 Å². The van der Waals surface area contributed by atoms with Crippen LogP contribution < -0.4 is 0 Å². The molecule has 0 aromatic heterocycles. The minimum atomic E-state index is -4.32. The minimum Gasteiger partial charge on any atom is -0.338 e. The van der Waals surface area contributed by atoms with Crippen LogP contribution in [0.3, 0.4) is 0 Å². The predicted molar refractivity (Wildman–Crippen MR) is 80.0 cm³/mol. The van der Waals surface area contributed by atoms with E-state index in [-0.39, 0.29) is 5.91 Å². The van der Waals surface area contributed by atoms with Crippen molar-refractivity contribution in [1.82, 2.24) is 4.90 Å². The number of amides is 1. The second-order valence-electron chi connectivity index (χ2n) is 5.46. The number of hydrogen-bond donors (Lipinski definition) is 0. The first-order chi connectivity index (χ1) is 10.9. The van der Waals surface area contributed by atoms with Crippen molar-refractivity contribution in [1.29, 1.82) is 0 Å². The monoisotopic (exact) mass is 323 g/mol. The van der Waals surface area contributed by atoms with Crippen molar-refractivity contribution < 1.29 is 22.8 Å². The number of likely N-dealkylation sites (tertiary alicyclic amines) is 1. The van der Waals surface area contributed by atoms with Crippen molar-refractivity contribution in [3.63, 3.8) is 0 Å². The van der Waals surface area contributed by atoms with Gasteiger partial charge in [0.05, 0.1) is 11.6 Å². The highest BCUT2D eigenvalue weighted by Gasteiger charge is 2.29. The summed E-state index contributed by atoms with van der Waals surface area (Å²) in [6, 6.07) is 4.97. The molecule has 1 atom stereocenters. The lowest BCUT2D eigenvalue weighted by atomic mass is 10.0. The molecule has 0 aliphatic carbocycles. The number of alkyl halides is 3. The molecule has 1 heterocycles. The molecule has 0 bridgehead atoms. The van der Waals surface area contributed by atoms with Crippen LogP contribution in [0.5, 0.6) is 0 Å². The highest BCUT2D eigenvalue weighted by Crippen LogP contribution is 2.29. The van der Waals surface area contributed by atoms with E-state index in [9.17, 15) is 22.8 Å². The molecule has 1 amide bonds. The lowest BCUT2D eigenvalue weighted by Crippen LogP contribution is -2.26. The third-order valence-electron chi connectivity index (χ3n) is 3.80. The molecule has 1 aliphatic rings. The van der Waals surface area contributed by atoms with Gasteiger partial charge >= 0.3 is 6.18 Å². The van der Waals surface area contributed by atoms with E-state index in [4.69, 9.17) is 0 Å². The van der Waals surface area contributed by atoms with Gasteiger partial charge in [-0.1, -0.05) is 24.3 Å². The normalized spacial score (nSPS) is 18.2. The number of allylic oxidation sites excluding steroid dienone is 1. The summed E-state index contributed by atoms with van der Waals surface area (Å²) < 4.78 is 37.4. The van der Waals surface area contributed by atoms with Crippen LogP contribution in [0, 0.1) is 5.92 Å². The van der Waals surface area contributed by atoms with Gasteiger partial charge in [0.1, 0.15) is 5.94 Å². The van der Waals surface area contributed by atoms with E-state index in [0.29, 0.717) is 24.6 Å². The van der Waals surface area contributed by atoms with Crippen LogP contribution in [-0.2, 0) is 15.8 Å². The first-order valence-electron chi connectivity index (χ1n) is 7.23. The smallest absolute Gasteiger partial charge is 0.338 e. The molecule has 0 N–H and O–H groups in total. The summed E-state index contributed by atoms with van der Waals surface area (Å²) in [5.74, 6) is 1.45. The Hall–Kier alpha value is -2.33. The van der Waals surface area contributed by atoms with Crippen LogP contribution in [0.2, 0.25) is 0 Å². The summed E-state index contributed by atoms with van der Waals surface area (Å²) in [6.45, 7) is 1.18. The zero-order valence-corrected chi connectivity index (χ0v) is 12.3. The molecule has 1 aromatic carbocycles. The van der Waals surface area contributed by atoms with Gasteiger partial charge < -0.3 is 4.90 Å². The van der Waals surface area contributed by atoms with Crippen molar-refractivity contribution in [3.8, 4) is 0 Å². The molecule has 122 valence electrons. The van der Waals surface area contributed by atoms with Crippen LogP contribution in [0.4, 0.5) is 13.2 Å². The molecule has 0 radical (unpaired) electrons. The maximum absolute atomic E-state index is 12.5. The molecule has 3 nitrogen and oxygen atoms in total. The van der Waals surface area contributed by atoms with Crippen molar-refractivity contribution in [2.24, 2.45) is 5.92 Å². The molecule has 1 aromatic rings. The Morgan fingerprint density at radius 1 is 1.30 bits per heavy atom. The Bertz CT molecular complexity index is 628. The summed E-state index contributed by atoms with van der Waals surface area (Å²) in [4.78, 5) is 23.3. The molecule has 1 unspecified atom stereocenters. The van der Waals surface area contributed by atoms with E-state index in [1.54, 1.807) is 11.0 Å². The number of carbonyl (C=O) groups excluding carboxylic acids is 2. The Morgan fingerprint density at radius 3 is 2.61 bits per heavy atom. The lowest BCUT2D eigenvalue weighted by molar-refractivity contribution is -0.137. The highest BCUT2D eigenvalue weighted by molar-refractivity contribution is 5.94. The van der Waals surface area contributed by atoms with Crippen LogP contribution in [0.1, 0.15) is 24.0 Å². The van der Waals surface area contributed by atoms with E-state index in [0.717, 1.165) is 31.1 Å². The predicted octanol–water partition coefficient (Wildman–Crippen LogP) is 3.35. The largest absolute Gasteiger partial charge is 0.416 e. The van der Waals surface area contributed by atoms with Crippen LogP contribution in [0.25, 0.3) is 6.08 Å². The van der Waals surface area contributed by atoms with Gasteiger partial charge in [-0.2, -0.15) is 13.2 Å². The molecular weight excluding hydrogens is 307 g/mol. The van der Waals surface area contributed by atoms with Gasteiger partial charge in [0.15, 0.2) is 0 Å². The maximum atomic E-state index is 12.5. The van der Waals surface area contributed by atoms with Gasteiger partial charge in [-0.05, 0) is 36.5 Å². The lowest BCUT2D eigenvalue weighted by Gasteiger charge is -2.12. The van der Waals surface area contributed by atoms with Gasteiger partial charge in [-0.3, -0.25) is 4.79 Å². The van der Waals surface area contributed by atoms with Crippen LogP contribution >= 0.6 is 0 Å². The molecule has 0 spiro atoms. The summed E-state index contributed by atoms with van der Waals surface area (Å²) in [5.41, 5.74) is 0.0376. The van der Waals surface area contributed by atoms with E-state index in [2.05, 4.69) is 0 Å². The second kappa shape index (κ2) is 7.29. The Labute approximate surface area is 132 Å². The molecule has 1 saturated heterocycles. The summed E-state index contributed by atoms with van der Waals surface area (Å²) in [5, 5.41) is 0. The number of hydrogen-bond acceptors (Lipinski definition) is 2. The zero-order chi connectivity index (χ0) is 16.9. The number of nitrogens with zero attached hydrogens (tertiary/aromatic N) is 1. The SMILES string of the molecule is O=C=CC(=O)N1CCC(C/C=C/c2ccc(C(F)(F)F)cc2)C1. The molecular formula is C17H16F3NO2. The van der Waals surface area contributed by atoms with Crippen molar-refractivity contribution in [2.75, 3.05) is 13.1 Å². The zero-order valence-electron chi connectivity index (χ0n) is 12.3. The van der Waals surface area contributed by atoms with Crippen LogP contribution in [0.15, 0.2) is 36.4 Å². The quantitative estimate of drug-likeness (QED) is 0.629. The fourth-order valence-corrected chi connectivity index (χ4v) is 2.55. The topological polar surface area (TPSA) is 37.4 Å². The highest BCUT2D eigenvalue weighted by atomic mass is 19.4. The maximum Gasteiger partial charge on any atom is 0.416 e.